The van der Waals surface area contributed by atoms with E-state index in [-0.39, 0.29) is 18.3 Å². The monoisotopic (exact) mass is 406 g/mol. The highest BCUT2D eigenvalue weighted by molar-refractivity contribution is 9.10. The van der Waals surface area contributed by atoms with Crippen molar-refractivity contribution in [1.82, 2.24) is 5.32 Å². The van der Waals surface area contributed by atoms with Gasteiger partial charge < -0.3 is 11.1 Å². The topological polar surface area (TPSA) is 55.1 Å². The summed E-state index contributed by atoms with van der Waals surface area (Å²) in [6, 6.07) is 8.25. The molecule has 1 amide bonds. The van der Waals surface area contributed by atoms with Gasteiger partial charge in [0.1, 0.15) is 0 Å². The molecule has 1 aromatic rings. The average Bonchev–Trinajstić information content (AvgIpc) is 2.92. The lowest BCUT2D eigenvalue weighted by molar-refractivity contribution is -0.126. The highest BCUT2D eigenvalue weighted by atomic mass is 79.9. The molecular weight excluding hydrogens is 384 g/mol. The van der Waals surface area contributed by atoms with Gasteiger partial charge >= 0.3 is 0 Å². The number of hydrogen-bond acceptors (Lipinski definition) is 3. The molecule has 6 heteroatoms. The number of nitrogens with one attached hydrogen (secondary N) is 1. The van der Waals surface area contributed by atoms with Gasteiger partial charge in [0.25, 0.3) is 0 Å². The van der Waals surface area contributed by atoms with E-state index in [1.54, 1.807) is 0 Å². The quantitative estimate of drug-likeness (QED) is 0.528. The molecule has 22 heavy (non-hydrogen) atoms. The summed E-state index contributed by atoms with van der Waals surface area (Å²) in [6.07, 6.45) is 5.90. The first-order valence-corrected chi connectivity index (χ1v) is 9.34. The summed E-state index contributed by atoms with van der Waals surface area (Å²) < 4.78 is 1.15. The third-order valence-electron chi connectivity index (χ3n) is 3.90. The van der Waals surface area contributed by atoms with E-state index in [0.717, 1.165) is 55.3 Å². The van der Waals surface area contributed by atoms with Crippen molar-refractivity contribution in [2.24, 2.45) is 5.73 Å². The van der Waals surface area contributed by atoms with Gasteiger partial charge in [0, 0.05) is 15.9 Å². The van der Waals surface area contributed by atoms with Crippen LogP contribution in [0.25, 0.3) is 0 Å². The Morgan fingerprint density at radius 3 is 2.64 bits per heavy atom. The van der Waals surface area contributed by atoms with E-state index in [1.165, 1.54) is 4.90 Å². The van der Waals surface area contributed by atoms with Crippen LogP contribution < -0.4 is 11.1 Å². The van der Waals surface area contributed by atoms with Crippen LogP contribution in [0.3, 0.4) is 0 Å². The van der Waals surface area contributed by atoms with Crippen molar-refractivity contribution < 1.29 is 4.79 Å². The summed E-state index contributed by atoms with van der Waals surface area (Å²) in [5.41, 5.74) is 5.52. The largest absolute Gasteiger partial charge is 0.355 e. The second-order valence-corrected chi connectivity index (χ2v) is 7.60. The van der Waals surface area contributed by atoms with Crippen LogP contribution in [0.1, 0.15) is 38.5 Å². The Morgan fingerprint density at radius 2 is 1.95 bits per heavy atom. The van der Waals surface area contributed by atoms with Crippen LogP contribution in [0.5, 0.6) is 0 Å². The van der Waals surface area contributed by atoms with Crippen LogP contribution in [0.4, 0.5) is 0 Å². The zero-order valence-electron chi connectivity index (χ0n) is 12.6. The average molecular weight is 408 g/mol. The van der Waals surface area contributed by atoms with Gasteiger partial charge in [0.15, 0.2) is 0 Å². The van der Waals surface area contributed by atoms with E-state index >= 15 is 0 Å². The first-order chi connectivity index (χ1) is 10.1. The van der Waals surface area contributed by atoms with E-state index in [0.29, 0.717) is 0 Å². The number of unbranched alkanes of at least 4 members (excludes halogenated alkanes) is 1. The molecule has 3 N–H and O–H groups in total. The maximum absolute atomic E-state index is 12.0. The van der Waals surface area contributed by atoms with E-state index in [1.807, 2.05) is 17.8 Å². The molecule has 1 saturated carbocycles. The minimum absolute atomic E-state index is 0. The number of carbonyl (C=O) groups excluding carboxylic acids is 1. The van der Waals surface area contributed by atoms with Gasteiger partial charge in [-0.05, 0) is 59.5 Å². The molecule has 0 bridgehead atoms. The summed E-state index contributed by atoms with van der Waals surface area (Å²) in [6.45, 7) is 0.730. The number of nitrogens with two attached hydrogens (primary N) is 1. The van der Waals surface area contributed by atoms with Crippen LogP contribution in [-0.2, 0) is 4.79 Å². The molecule has 0 saturated heterocycles. The minimum Gasteiger partial charge on any atom is -0.355 e. The maximum atomic E-state index is 12.0. The molecule has 0 aromatic heterocycles. The van der Waals surface area contributed by atoms with Crippen molar-refractivity contribution >= 4 is 46.0 Å². The Labute approximate surface area is 151 Å². The molecular formula is C16H24BrClN2OS. The minimum atomic E-state index is -0.594. The maximum Gasteiger partial charge on any atom is 0.240 e. The van der Waals surface area contributed by atoms with Crippen molar-refractivity contribution in [3.05, 3.63) is 28.7 Å². The van der Waals surface area contributed by atoms with Gasteiger partial charge in [0.05, 0.1) is 5.54 Å². The lowest BCUT2D eigenvalue weighted by Crippen LogP contribution is -2.52. The number of rotatable bonds is 7. The smallest absolute Gasteiger partial charge is 0.240 e. The summed E-state index contributed by atoms with van der Waals surface area (Å²) in [5.74, 6) is 1.10. The van der Waals surface area contributed by atoms with Gasteiger partial charge in [-0.1, -0.05) is 25.0 Å². The number of thioether (sulfide) groups is 1. The summed E-state index contributed by atoms with van der Waals surface area (Å²) in [7, 11) is 0. The standard InChI is InChI=1S/C16H23BrN2OS.ClH/c17-13-7-1-2-8-14(13)21-12-6-5-11-19-15(20)16(18)9-3-4-10-16;/h1-2,7-8H,3-6,9-12,18H2,(H,19,20);1H. The molecule has 0 aliphatic heterocycles. The number of amides is 1. The second-order valence-electron chi connectivity index (χ2n) is 5.61. The number of carbonyl (C=O) groups is 1. The predicted molar refractivity (Wildman–Crippen MR) is 99.7 cm³/mol. The van der Waals surface area contributed by atoms with Crippen molar-refractivity contribution in [3.8, 4) is 0 Å². The lowest BCUT2D eigenvalue weighted by atomic mass is 9.98. The van der Waals surface area contributed by atoms with E-state index in [9.17, 15) is 4.79 Å². The molecule has 1 fully saturated rings. The predicted octanol–water partition coefficient (Wildman–Crippen LogP) is 4.13. The molecule has 1 aliphatic carbocycles. The molecule has 0 atom stereocenters. The first kappa shape index (κ1) is 19.8. The van der Waals surface area contributed by atoms with Crippen molar-refractivity contribution in [1.29, 1.82) is 0 Å². The fraction of sp³-hybridized carbons (Fsp3) is 0.562. The fourth-order valence-electron chi connectivity index (χ4n) is 2.58. The molecule has 3 nitrogen and oxygen atoms in total. The highest BCUT2D eigenvalue weighted by Gasteiger charge is 2.36. The van der Waals surface area contributed by atoms with Gasteiger partial charge in [-0.3, -0.25) is 4.79 Å². The van der Waals surface area contributed by atoms with E-state index < -0.39 is 5.54 Å². The number of benzene rings is 1. The molecule has 1 aliphatic rings. The van der Waals surface area contributed by atoms with Gasteiger partial charge in [-0.15, -0.1) is 24.2 Å². The lowest BCUT2D eigenvalue weighted by Gasteiger charge is -2.22. The first-order valence-electron chi connectivity index (χ1n) is 7.56. The van der Waals surface area contributed by atoms with E-state index in [2.05, 4.69) is 39.4 Å². The molecule has 124 valence electrons. The Bertz CT molecular complexity index is 481. The van der Waals surface area contributed by atoms with Crippen LogP contribution in [0.2, 0.25) is 0 Å². The Kier molecular flexibility index (Phi) is 8.83. The van der Waals surface area contributed by atoms with Crippen molar-refractivity contribution in [3.63, 3.8) is 0 Å². The van der Waals surface area contributed by atoms with Crippen molar-refractivity contribution in [2.75, 3.05) is 12.3 Å². The van der Waals surface area contributed by atoms with Gasteiger partial charge in [-0.2, -0.15) is 0 Å². The molecule has 0 radical (unpaired) electrons. The summed E-state index contributed by atoms with van der Waals surface area (Å²) in [5, 5.41) is 2.99. The molecule has 0 spiro atoms. The van der Waals surface area contributed by atoms with Crippen LogP contribution in [0.15, 0.2) is 33.6 Å². The third kappa shape index (κ3) is 5.76. The second kappa shape index (κ2) is 9.81. The van der Waals surface area contributed by atoms with Gasteiger partial charge in [0.2, 0.25) is 5.91 Å². The molecule has 2 rings (SSSR count). The zero-order chi connectivity index (χ0) is 15.1. The Morgan fingerprint density at radius 1 is 1.27 bits per heavy atom. The normalized spacial score (nSPS) is 16.1. The van der Waals surface area contributed by atoms with E-state index in [4.69, 9.17) is 5.73 Å². The van der Waals surface area contributed by atoms with Crippen LogP contribution in [0, 0.1) is 0 Å². The molecule has 0 unspecified atom stereocenters. The molecule has 0 heterocycles. The zero-order valence-corrected chi connectivity index (χ0v) is 15.9. The third-order valence-corrected chi connectivity index (χ3v) is 6.01. The van der Waals surface area contributed by atoms with Crippen LogP contribution >= 0.6 is 40.1 Å². The Hall–Kier alpha value is -0.230. The van der Waals surface area contributed by atoms with Crippen molar-refractivity contribution in [2.45, 2.75) is 49.0 Å². The summed E-state index contributed by atoms with van der Waals surface area (Å²) in [4.78, 5) is 13.3. The number of hydrogen-bond donors (Lipinski definition) is 2. The SMILES string of the molecule is Cl.NC1(C(=O)NCCCCSc2ccccc2Br)CCCC1. The highest BCUT2D eigenvalue weighted by Crippen LogP contribution is 2.28. The Balaban J connectivity index is 0.00000242. The summed E-state index contributed by atoms with van der Waals surface area (Å²) >= 11 is 5.40. The van der Waals surface area contributed by atoms with Crippen LogP contribution in [-0.4, -0.2) is 23.7 Å². The number of halogens is 2. The van der Waals surface area contributed by atoms with Gasteiger partial charge in [-0.25, -0.2) is 0 Å². The molecule has 1 aromatic carbocycles. The fourth-order valence-corrected chi connectivity index (χ4v) is 4.16.